The number of hydrogen-bond donors (Lipinski definition) is 1. The van der Waals surface area contributed by atoms with E-state index in [1.54, 1.807) is 6.07 Å². The minimum absolute atomic E-state index is 0.204. The van der Waals surface area contributed by atoms with Crippen LogP contribution in [0.5, 0.6) is 5.75 Å². The number of benzene rings is 1. The van der Waals surface area contributed by atoms with Gasteiger partial charge in [0.05, 0.1) is 0 Å². The molecule has 0 unspecified atom stereocenters. The number of rotatable bonds is 8. The summed E-state index contributed by atoms with van der Waals surface area (Å²) in [5.41, 5.74) is 0.630. The number of allylic oxidation sites excluding steroid dienone is 1. The zero-order valence-electron chi connectivity index (χ0n) is 10.7. The molecule has 0 radical (unpaired) electrons. The molecular formula is C14H18F3NO. The number of anilines is 1. The predicted molar refractivity (Wildman–Crippen MR) is 70.3 cm³/mol. The fraction of sp³-hybridized carbons (Fsp3) is 0.429. The zero-order valence-corrected chi connectivity index (χ0v) is 10.7. The molecule has 0 amide bonds. The van der Waals surface area contributed by atoms with Crippen LogP contribution in [0.2, 0.25) is 0 Å². The van der Waals surface area contributed by atoms with E-state index in [1.165, 1.54) is 18.2 Å². The second kappa shape index (κ2) is 7.71. The highest BCUT2D eigenvalue weighted by Gasteiger charge is 2.31. The lowest BCUT2D eigenvalue weighted by Gasteiger charge is -2.11. The van der Waals surface area contributed by atoms with Crippen LogP contribution in [0.1, 0.15) is 25.7 Å². The SMILES string of the molecule is C=CCCCCCNc1cccc(OC(F)(F)F)c1. The predicted octanol–water partition coefficient (Wildman–Crippen LogP) is 4.74. The van der Waals surface area contributed by atoms with Crippen LogP contribution in [-0.2, 0) is 0 Å². The first kappa shape index (κ1) is 15.4. The summed E-state index contributed by atoms with van der Waals surface area (Å²) >= 11 is 0. The van der Waals surface area contributed by atoms with E-state index >= 15 is 0 Å². The molecule has 0 aliphatic rings. The normalized spacial score (nSPS) is 11.1. The summed E-state index contributed by atoms with van der Waals surface area (Å²) in [5.74, 6) is -0.204. The molecule has 1 rings (SSSR count). The summed E-state index contributed by atoms with van der Waals surface area (Å²) in [6.07, 6.45) is 1.35. The van der Waals surface area contributed by atoms with Gasteiger partial charge in [-0.15, -0.1) is 19.8 Å². The Bertz CT molecular complexity index is 391. The van der Waals surface area contributed by atoms with Gasteiger partial charge in [0.1, 0.15) is 5.75 Å². The Morgan fingerprint density at radius 3 is 2.68 bits per heavy atom. The highest BCUT2D eigenvalue weighted by Crippen LogP contribution is 2.24. The molecule has 0 saturated carbocycles. The molecule has 0 aromatic heterocycles. The van der Waals surface area contributed by atoms with E-state index in [0.717, 1.165) is 32.2 Å². The molecule has 0 aliphatic carbocycles. The van der Waals surface area contributed by atoms with Crippen LogP contribution in [0.4, 0.5) is 18.9 Å². The Morgan fingerprint density at radius 1 is 1.21 bits per heavy atom. The average Bonchev–Trinajstić information content (AvgIpc) is 2.32. The first-order valence-corrected chi connectivity index (χ1v) is 6.22. The molecule has 0 bridgehead atoms. The summed E-state index contributed by atoms with van der Waals surface area (Å²) in [7, 11) is 0. The van der Waals surface area contributed by atoms with Gasteiger partial charge in [0, 0.05) is 18.3 Å². The van der Waals surface area contributed by atoms with Gasteiger partial charge in [0.25, 0.3) is 0 Å². The molecule has 1 aromatic carbocycles. The van der Waals surface area contributed by atoms with Crippen LogP contribution in [0.15, 0.2) is 36.9 Å². The molecule has 0 spiro atoms. The number of halogens is 3. The lowest BCUT2D eigenvalue weighted by molar-refractivity contribution is -0.274. The van der Waals surface area contributed by atoms with Gasteiger partial charge in [0.2, 0.25) is 0 Å². The molecule has 0 fully saturated rings. The van der Waals surface area contributed by atoms with Crippen LogP contribution in [0.3, 0.4) is 0 Å². The minimum Gasteiger partial charge on any atom is -0.406 e. The zero-order chi connectivity index (χ0) is 14.1. The second-order valence-electron chi connectivity index (χ2n) is 4.14. The van der Waals surface area contributed by atoms with Gasteiger partial charge >= 0.3 is 6.36 Å². The van der Waals surface area contributed by atoms with Crippen molar-refractivity contribution in [3.05, 3.63) is 36.9 Å². The molecule has 2 nitrogen and oxygen atoms in total. The van der Waals surface area contributed by atoms with Crippen LogP contribution in [0, 0.1) is 0 Å². The van der Waals surface area contributed by atoms with Crippen molar-refractivity contribution in [2.24, 2.45) is 0 Å². The Labute approximate surface area is 111 Å². The lowest BCUT2D eigenvalue weighted by atomic mass is 10.2. The summed E-state index contributed by atoms with van der Waals surface area (Å²) in [5, 5.41) is 3.07. The van der Waals surface area contributed by atoms with Gasteiger partial charge in [0.15, 0.2) is 0 Å². The Hall–Kier alpha value is -1.65. The van der Waals surface area contributed by atoms with Crippen molar-refractivity contribution in [3.63, 3.8) is 0 Å². The number of unbranched alkanes of at least 4 members (excludes halogenated alkanes) is 3. The smallest absolute Gasteiger partial charge is 0.406 e. The lowest BCUT2D eigenvalue weighted by Crippen LogP contribution is -2.17. The van der Waals surface area contributed by atoms with Gasteiger partial charge in [-0.25, -0.2) is 0 Å². The van der Waals surface area contributed by atoms with Gasteiger partial charge < -0.3 is 10.1 Å². The first-order chi connectivity index (χ1) is 9.01. The van der Waals surface area contributed by atoms with E-state index in [1.807, 2.05) is 6.08 Å². The van der Waals surface area contributed by atoms with Crippen LogP contribution < -0.4 is 10.1 Å². The second-order valence-corrected chi connectivity index (χ2v) is 4.14. The first-order valence-electron chi connectivity index (χ1n) is 6.22. The number of alkyl halides is 3. The minimum atomic E-state index is -4.65. The molecule has 19 heavy (non-hydrogen) atoms. The largest absolute Gasteiger partial charge is 0.573 e. The maximum Gasteiger partial charge on any atom is 0.573 e. The van der Waals surface area contributed by atoms with Gasteiger partial charge in [-0.05, 0) is 31.4 Å². The van der Waals surface area contributed by atoms with E-state index in [4.69, 9.17) is 0 Å². The van der Waals surface area contributed by atoms with E-state index in [0.29, 0.717) is 5.69 Å². The molecule has 0 aliphatic heterocycles. The maximum absolute atomic E-state index is 12.0. The van der Waals surface area contributed by atoms with Crippen LogP contribution >= 0.6 is 0 Å². The molecule has 0 atom stereocenters. The molecular weight excluding hydrogens is 255 g/mol. The topological polar surface area (TPSA) is 21.3 Å². The van der Waals surface area contributed by atoms with Crippen molar-refractivity contribution >= 4 is 5.69 Å². The molecule has 0 saturated heterocycles. The molecule has 0 heterocycles. The quantitative estimate of drug-likeness (QED) is 0.545. The third kappa shape index (κ3) is 7.39. The van der Waals surface area contributed by atoms with Crippen molar-refractivity contribution in [1.82, 2.24) is 0 Å². The fourth-order valence-corrected chi connectivity index (χ4v) is 1.63. The summed E-state index contributed by atoms with van der Waals surface area (Å²) in [6.45, 7) is 4.37. The third-order valence-corrected chi connectivity index (χ3v) is 2.48. The molecule has 1 N–H and O–H groups in total. The van der Waals surface area contributed by atoms with E-state index in [9.17, 15) is 13.2 Å². The Morgan fingerprint density at radius 2 is 2.00 bits per heavy atom. The van der Waals surface area contributed by atoms with Crippen molar-refractivity contribution in [3.8, 4) is 5.75 Å². The summed E-state index contributed by atoms with van der Waals surface area (Å²) in [4.78, 5) is 0. The fourth-order valence-electron chi connectivity index (χ4n) is 1.63. The highest BCUT2D eigenvalue weighted by molar-refractivity contribution is 5.48. The maximum atomic E-state index is 12.0. The number of ether oxygens (including phenoxy) is 1. The van der Waals surface area contributed by atoms with Crippen LogP contribution in [0.25, 0.3) is 0 Å². The Balaban J connectivity index is 2.34. The molecule has 1 aromatic rings. The van der Waals surface area contributed by atoms with Gasteiger partial charge in [-0.2, -0.15) is 0 Å². The highest BCUT2D eigenvalue weighted by atomic mass is 19.4. The number of nitrogens with one attached hydrogen (secondary N) is 1. The van der Waals surface area contributed by atoms with Crippen molar-refractivity contribution < 1.29 is 17.9 Å². The van der Waals surface area contributed by atoms with E-state index < -0.39 is 6.36 Å². The Kier molecular flexibility index (Phi) is 6.25. The third-order valence-electron chi connectivity index (χ3n) is 2.48. The van der Waals surface area contributed by atoms with Crippen molar-refractivity contribution in [2.75, 3.05) is 11.9 Å². The number of hydrogen-bond acceptors (Lipinski definition) is 2. The standard InChI is InChI=1S/C14H18F3NO/c1-2-3-4-5-6-10-18-12-8-7-9-13(11-12)19-14(15,16)17/h2,7-9,11,18H,1,3-6,10H2. The van der Waals surface area contributed by atoms with Gasteiger partial charge in [-0.1, -0.05) is 18.6 Å². The van der Waals surface area contributed by atoms with E-state index in [-0.39, 0.29) is 5.75 Å². The van der Waals surface area contributed by atoms with Crippen molar-refractivity contribution in [2.45, 2.75) is 32.0 Å². The average molecular weight is 273 g/mol. The van der Waals surface area contributed by atoms with Crippen LogP contribution in [-0.4, -0.2) is 12.9 Å². The summed E-state index contributed by atoms with van der Waals surface area (Å²) < 4.78 is 40.0. The molecule has 5 heteroatoms. The molecule has 106 valence electrons. The van der Waals surface area contributed by atoms with Gasteiger partial charge in [-0.3, -0.25) is 0 Å². The van der Waals surface area contributed by atoms with Crippen molar-refractivity contribution in [1.29, 1.82) is 0 Å². The van der Waals surface area contributed by atoms with E-state index in [2.05, 4.69) is 16.6 Å². The monoisotopic (exact) mass is 273 g/mol. The summed E-state index contributed by atoms with van der Waals surface area (Å²) in [6, 6.07) is 5.87.